The number of thiophene rings is 1. The second-order valence-electron chi connectivity index (χ2n) is 6.35. The Balaban J connectivity index is 1.76. The Hall–Kier alpha value is -2.51. The summed E-state index contributed by atoms with van der Waals surface area (Å²) >= 11 is 6.88. The van der Waals surface area contributed by atoms with Gasteiger partial charge in [0.15, 0.2) is 6.61 Å². The minimum atomic E-state index is -1.11. The molecule has 0 saturated carbocycles. The van der Waals surface area contributed by atoms with Crippen LogP contribution in [0, 0.1) is 5.92 Å². The Bertz CT molecular complexity index is 901. The lowest BCUT2D eigenvalue weighted by Crippen LogP contribution is -2.49. The zero-order chi connectivity index (χ0) is 19.7. The number of ketones is 1. The molecule has 0 aliphatic carbocycles. The van der Waals surface area contributed by atoms with E-state index in [0.29, 0.717) is 9.21 Å². The van der Waals surface area contributed by atoms with Crippen molar-refractivity contribution in [3.63, 3.8) is 0 Å². The molecule has 2 amide bonds. The van der Waals surface area contributed by atoms with Gasteiger partial charge >= 0.3 is 5.97 Å². The highest BCUT2D eigenvalue weighted by Crippen LogP contribution is 2.28. The summed E-state index contributed by atoms with van der Waals surface area (Å²) in [6, 6.07) is 8.41. The lowest BCUT2D eigenvalue weighted by molar-refractivity contribution is -0.148. The van der Waals surface area contributed by atoms with Gasteiger partial charge in [0, 0.05) is 0 Å². The summed E-state index contributed by atoms with van der Waals surface area (Å²) in [5, 5.41) is 0. The summed E-state index contributed by atoms with van der Waals surface area (Å²) in [5.74, 6) is -2.66. The lowest BCUT2D eigenvalue weighted by atomic mass is 10.0. The molecule has 0 saturated heterocycles. The van der Waals surface area contributed by atoms with E-state index in [1.165, 1.54) is 0 Å². The van der Waals surface area contributed by atoms with Crippen molar-refractivity contribution in [3.05, 3.63) is 56.7 Å². The number of carbonyl (C=O) groups is 4. The highest BCUT2D eigenvalue weighted by molar-refractivity contribution is 7.18. The monoisotopic (exact) mass is 405 g/mol. The SMILES string of the molecule is CC(C)C(C(=O)OCC(=O)c1ccc(Cl)s1)N1C(=O)c2ccccc2C1=O. The van der Waals surface area contributed by atoms with Gasteiger partial charge in [-0.25, -0.2) is 4.79 Å². The number of carbonyl (C=O) groups excluding carboxylic acids is 4. The van der Waals surface area contributed by atoms with Crippen LogP contribution in [0.15, 0.2) is 36.4 Å². The third kappa shape index (κ3) is 3.65. The fraction of sp³-hybridized carbons (Fsp3) is 0.263. The highest BCUT2D eigenvalue weighted by Gasteiger charge is 2.44. The maximum Gasteiger partial charge on any atom is 0.330 e. The molecule has 1 aromatic heterocycles. The van der Waals surface area contributed by atoms with Crippen LogP contribution in [0.4, 0.5) is 0 Å². The van der Waals surface area contributed by atoms with E-state index in [1.54, 1.807) is 50.2 Å². The van der Waals surface area contributed by atoms with Gasteiger partial charge in [0.1, 0.15) is 6.04 Å². The normalized spacial score (nSPS) is 14.4. The zero-order valence-corrected chi connectivity index (χ0v) is 16.2. The fourth-order valence-corrected chi connectivity index (χ4v) is 3.86. The van der Waals surface area contributed by atoms with Gasteiger partial charge in [-0.3, -0.25) is 19.3 Å². The van der Waals surface area contributed by atoms with Crippen molar-refractivity contribution in [2.24, 2.45) is 5.92 Å². The van der Waals surface area contributed by atoms with Crippen molar-refractivity contribution in [2.45, 2.75) is 19.9 Å². The molecular weight excluding hydrogens is 390 g/mol. The smallest absolute Gasteiger partial charge is 0.330 e. The van der Waals surface area contributed by atoms with Gasteiger partial charge in [-0.1, -0.05) is 37.6 Å². The third-order valence-corrected chi connectivity index (χ3v) is 5.44. The first-order valence-corrected chi connectivity index (χ1v) is 9.42. The number of nitrogens with zero attached hydrogens (tertiary/aromatic N) is 1. The molecule has 0 radical (unpaired) electrons. The van der Waals surface area contributed by atoms with Crippen molar-refractivity contribution in [1.29, 1.82) is 0 Å². The first-order valence-electron chi connectivity index (χ1n) is 8.23. The zero-order valence-electron chi connectivity index (χ0n) is 14.6. The summed E-state index contributed by atoms with van der Waals surface area (Å²) in [5.41, 5.74) is 0.510. The predicted molar refractivity (Wildman–Crippen MR) is 100 cm³/mol. The maximum absolute atomic E-state index is 12.6. The Morgan fingerprint density at radius 2 is 1.67 bits per heavy atom. The van der Waals surface area contributed by atoms with Gasteiger partial charge in [0.2, 0.25) is 5.78 Å². The average molecular weight is 406 g/mol. The van der Waals surface area contributed by atoms with Crippen LogP contribution >= 0.6 is 22.9 Å². The van der Waals surface area contributed by atoms with Gasteiger partial charge in [-0.05, 0) is 30.2 Å². The number of rotatable bonds is 6. The van der Waals surface area contributed by atoms with E-state index in [2.05, 4.69) is 0 Å². The first kappa shape index (κ1) is 19.3. The van der Waals surface area contributed by atoms with Crippen LogP contribution in [-0.2, 0) is 9.53 Å². The van der Waals surface area contributed by atoms with Crippen LogP contribution in [0.3, 0.4) is 0 Å². The number of amides is 2. The van der Waals surface area contributed by atoms with E-state index in [-0.39, 0.29) is 17.0 Å². The molecule has 1 aliphatic rings. The van der Waals surface area contributed by atoms with Crippen LogP contribution in [0.5, 0.6) is 0 Å². The Morgan fingerprint density at radius 3 is 2.15 bits per heavy atom. The standard InChI is InChI=1S/C19H16ClNO5S/c1-10(2)16(19(25)26-9-13(22)14-7-8-15(20)27-14)21-17(23)11-5-3-4-6-12(11)18(21)24/h3-8,10,16H,9H2,1-2H3. The van der Waals surface area contributed by atoms with E-state index in [1.807, 2.05) is 0 Å². The summed E-state index contributed by atoms with van der Waals surface area (Å²) in [6.45, 7) is 2.93. The number of Topliss-reactive ketones (excluding diaryl/α,β-unsaturated/α-hetero) is 1. The number of fused-ring (bicyclic) bond motifs is 1. The van der Waals surface area contributed by atoms with E-state index in [0.717, 1.165) is 16.2 Å². The topological polar surface area (TPSA) is 80.8 Å². The van der Waals surface area contributed by atoms with Crippen LogP contribution in [0.25, 0.3) is 0 Å². The average Bonchev–Trinajstić information content (AvgIpc) is 3.17. The van der Waals surface area contributed by atoms with Crippen molar-refractivity contribution >= 4 is 46.5 Å². The summed E-state index contributed by atoms with van der Waals surface area (Å²) in [4.78, 5) is 51.3. The molecule has 2 aromatic rings. The number of esters is 1. The molecule has 1 aliphatic heterocycles. The van der Waals surface area contributed by atoms with E-state index in [9.17, 15) is 19.2 Å². The second kappa shape index (κ2) is 7.62. The quantitative estimate of drug-likeness (QED) is 0.417. The summed E-state index contributed by atoms with van der Waals surface area (Å²) < 4.78 is 5.58. The van der Waals surface area contributed by atoms with E-state index >= 15 is 0 Å². The number of halogens is 1. The van der Waals surface area contributed by atoms with Crippen molar-refractivity contribution < 1.29 is 23.9 Å². The molecule has 0 spiro atoms. The molecule has 0 N–H and O–H groups in total. The van der Waals surface area contributed by atoms with Crippen LogP contribution < -0.4 is 0 Å². The van der Waals surface area contributed by atoms with E-state index in [4.69, 9.17) is 16.3 Å². The molecule has 6 nitrogen and oxygen atoms in total. The Morgan fingerprint density at radius 1 is 1.07 bits per heavy atom. The highest BCUT2D eigenvalue weighted by atomic mass is 35.5. The lowest BCUT2D eigenvalue weighted by Gasteiger charge is -2.27. The molecule has 27 heavy (non-hydrogen) atoms. The number of benzene rings is 1. The largest absolute Gasteiger partial charge is 0.456 e. The molecule has 0 fully saturated rings. The predicted octanol–water partition coefficient (Wildman–Crippen LogP) is 3.45. The number of ether oxygens (including phenoxy) is 1. The van der Waals surface area contributed by atoms with Crippen LogP contribution in [0.2, 0.25) is 4.34 Å². The fourth-order valence-electron chi connectivity index (χ4n) is 2.89. The molecule has 1 aromatic carbocycles. The van der Waals surface area contributed by atoms with Gasteiger partial charge in [-0.2, -0.15) is 0 Å². The summed E-state index contributed by atoms with van der Waals surface area (Å²) in [7, 11) is 0. The molecule has 1 unspecified atom stereocenters. The molecule has 3 rings (SSSR count). The van der Waals surface area contributed by atoms with Crippen molar-refractivity contribution in [1.82, 2.24) is 4.90 Å². The number of imide groups is 1. The van der Waals surface area contributed by atoms with Gasteiger partial charge in [0.25, 0.3) is 11.8 Å². The Kier molecular flexibility index (Phi) is 5.43. The van der Waals surface area contributed by atoms with E-state index < -0.39 is 36.2 Å². The molecular formula is C19H16ClNO5S. The first-order chi connectivity index (χ1) is 12.8. The van der Waals surface area contributed by atoms with Gasteiger partial charge in [-0.15, -0.1) is 11.3 Å². The molecule has 0 bridgehead atoms. The number of hydrogen-bond donors (Lipinski definition) is 0. The molecule has 8 heteroatoms. The second-order valence-corrected chi connectivity index (χ2v) is 8.06. The number of hydrogen-bond acceptors (Lipinski definition) is 6. The van der Waals surface area contributed by atoms with Crippen molar-refractivity contribution in [2.75, 3.05) is 6.61 Å². The van der Waals surface area contributed by atoms with Crippen LogP contribution in [-0.4, -0.2) is 41.1 Å². The van der Waals surface area contributed by atoms with Crippen LogP contribution in [0.1, 0.15) is 44.2 Å². The third-order valence-electron chi connectivity index (χ3n) is 4.17. The molecule has 140 valence electrons. The maximum atomic E-state index is 12.6. The minimum Gasteiger partial charge on any atom is -0.456 e. The molecule has 2 heterocycles. The Labute approximate surface area is 164 Å². The van der Waals surface area contributed by atoms with Crippen molar-refractivity contribution in [3.8, 4) is 0 Å². The summed E-state index contributed by atoms with van der Waals surface area (Å²) in [6.07, 6.45) is 0. The minimum absolute atomic E-state index is 0.255. The van der Waals surface area contributed by atoms with Gasteiger partial charge in [0.05, 0.1) is 20.3 Å². The van der Waals surface area contributed by atoms with Gasteiger partial charge < -0.3 is 4.74 Å². The molecule has 1 atom stereocenters.